The lowest BCUT2D eigenvalue weighted by atomic mass is 9.88. The molecule has 5 heterocycles. The number of fused-ring (bicyclic) bond motifs is 2. The minimum atomic E-state index is -0.363. The summed E-state index contributed by atoms with van der Waals surface area (Å²) in [6, 6.07) is 8.77. The van der Waals surface area contributed by atoms with Gasteiger partial charge in [0.1, 0.15) is 5.58 Å². The quantitative estimate of drug-likeness (QED) is 0.477. The number of aromatic nitrogens is 3. The molecule has 0 amide bonds. The Hall–Kier alpha value is -3.03. The van der Waals surface area contributed by atoms with Gasteiger partial charge in [-0.25, -0.2) is 9.78 Å². The fourth-order valence-corrected chi connectivity index (χ4v) is 4.72. The zero-order chi connectivity index (χ0) is 20.9. The molecule has 2 fully saturated rings. The highest BCUT2D eigenvalue weighted by Crippen LogP contribution is 2.32. The SMILES string of the molecule is Cc1cn2cc(-c3cc4ccc(C5CCN(C6COC6)CC5)cc4oc3=O)nc2cn1. The molecule has 0 N–H and O–H groups in total. The Morgan fingerprint density at radius 2 is 1.94 bits per heavy atom. The molecule has 1 aromatic carbocycles. The number of benzene rings is 1. The van der Waals surface area contributed by atoms with Crippen LogP contribution in [-0.4, -0.2) is 51.6 Å². The standard InChI is InChI=1S/C24H24N4O3/c1-15-11-28-12-21(26-23(28)10-25-15)20-8-18-3-2-17(9-22(18)31-24(20)29)16-4-6-27(7-5-16)19-13-30-14-19/h2-3,8-12,16,19H,4-7,13-14H2,1H3. The predicted octanol–water partition coefficient (Wildman–Crippen LogP) is 3.39. The van der Waals surface area contributed by atoms with Crippen LogP contribution in [0.25, 0.3) is 27.9 Å². The first-order valence-electron chi connectivity index (χ1n) is 10.9. The monoisotopic (exact) mass is 416 g/mol. The Morgan fingerprint density at radius 1 is 1.10 bits per heavy atom. The van der Waals surface area contributed by atoms with E-state index in [4.69, 9.17) is 9.15 Å². The van der Waals surface area contributed by atoms with Crippen LogP contribution in [0, 0.1) is 6.92 Å². The Kier molecular flexibility index (Phi) is 4.40. The van der Waals surface area contributed by atoms with Gasteiger partial charge in [-0.3, -0.25) is 9.88 Å². The van der Waals surface area contributed by atoms with Gasteiger partial charge in [0.25, 0.3) is 0 Å². The van der Waals surface area contributed by atoms with Gasteiger partial charge in [-0.15, -0.1) is 0 Å². The van der Waals surface area contributed by atoms with Crippen molar-refractivity contribution in [2.75, 3.05) is 26.3 Å². The van der Waals surface area contributed by atoms with Gasteiger partial charge in [-0.1, -0.05) is 12.1 Å². The molecule has 31 heavy (non-hydrogen) atoms. The molecule has 0 atom stereocenters. The summed E-state index contributed by atoms with van der Waals surface area (Å²) in [5, 5.41) is 0.911. The van der Waals surface area contributed by atoms with Gasteiger partial charge in [0, 0.05) is 17.8 Å². The zero-order valence-electron chi connectivity index (χ0n) is 17.5. The minimum Gasteiger partial charge on any atom is -0.422 e. The number of imidazole rings is 1. The smallest absolute Gasteiger partial charge is 0.345 e. The molecule has 7 nitrogen and oxygen atoms in total. The van der Waals surface area contributed by atoms with E-state index in [-0.39, 0.29) is 5.63 Å². The van der Waals surface area contributed by atoms with Crippen molar-refractivity contribution < 1.29 is 9.15 Å². The van der Waals surface area contributed by atoms with E-state index in [2.05, 4.69) is 27.0 Å². The summed E-state index contributed by atoms with van der Waals surface area (Å²) in [4.78, 5) is 24.1. The third-order valence-corrected chi connectivity index (χ3v) is 6.64. The Balaban J connectivity index is 1.29. The average Bonchev–Trinajstić information content (AvgIpc) is 3.15. The van der Waals surface area contributed by atoms with Gasteiger partial charge in [0.2, 0.25) is 0 Å². The normalized spacial score (nSPS) is 18.6. The van der Waals surface area contributed by atoms with Gasteiger partial charge in [0.15, 0.2) is 5.65 Å². The molecule has 2 saturated heterocycles. The molecule has 0 aliphatic carbocycles. The van der Waals surface area contributed by atoms with Crippen molar-refractivity contribution in [3.63, 3.8) is 0 Å². The van der Waals surface area contributed by atoms with Gasteiger partial charge in [-0.05, 0) is 56.5 Å². The van der Waals surface area contributed by atoms with Crippen LogP contribution in [0.5, 0.6) is 0 Å². The highest BCUT2D eigenvalue weighted by atomic mass is 16.5. The number of nitrogens with zero attached hydrogens (tertiary/aromatic N) is 4. The number of likely N-dealkylation sites (tertiary alicyclic amines) is 1. The maximum absolute atomic E-state index is 12.8. The maximum Gasteiger partial charge on any atom is 0.345 e. The van der Waals surface area contributed by atoms with Crippen molar-refractivity contribution >= 4 is 16.6 Å². The van der Waals surface area contributed by atoms with Crippen LogP contribution in [0.1, 0.15) is 30.0 Å². The second kappa shape index (κ2) is 7.28. The van der Waals surface area contributed by atoms with Gasteiger partial charge in [-0.2, -0.15) is 0 Å². The molecule has 0 radical (unpaired) electrons. The largest absolute Gasteiger partial charge is 0.422 e. The summed E-state index contributed by atoms with van der Waals surface area (Å²) in [6.45, 7) is 5.86. The van der Waals surface area contributed by atoms with E-state index < -0.39 is 0 Å². The average molecular weight is 416 g/mol. The molecule has 4 aromatic rings. The summed E-state index contributed by atoms with van der Waals surface area (Å²) >= 11 is 0. The molecule has 0 bridgehead atoms. The Labute approximate surface area is 179 Å². The van der Waals surface area contributed by atoms with E-state index in [0.717, 1.165) is 50.2 Å². The van der Waals surface area contributed by atoms with E-state index in [0.29, 0.717) is 34.4 Å². The third-order valence-electron chi connectivity index (χ3n) is 6.64. The van der Waals surface area contributed by atoms with Crippen molar-refractivity contribution in [1.29, 1.82) is 0 Å². The van der Waals surface area contributed by atoms with Crippen LogP contribution in [0.4, 0.5) is 0 Å². The van der Waals surface area contributed by atoms with Crippen LogP contribution in [0.2, 0.25) is 0 Å². The van der Waals surface area contributed by atoms with Crippen molar-refractivity contribution in [2.45, 2.75) is 31.7 Å². The third kappa shape index (κ3) is 3.34. The van der Waals surface area contributed by atoms with Gasteiger partial charge < -0.3 is 13.6 Å². The number of rotatable bonds is 3. The number of piperidine rings is 1. The number of ether oxygens (including phenoxy) is 1. The molecule has 0 unspecified atom stereocenters. The van der Waals surface area contributed by atoms with E-state index >= 15 is 0 Å². The second-order valence-corrected chi connectivity index (χ2v) is 8.67. The lowest BCUT2D eigenvalue weighted by Gasteiger charge is -2.41. The molecule has 158 valence electrons. The van der Waals surface area contributed by atoms with Crippen LogP contribution in [0.15, 0.2) is 52.1 Å². The first kappa shape index (κ1) is 18.7. The summed E-state index contributed by atoms with van der Waals surface area (Å²) in [7, 11) is 0. The second-order valence-electron chi connectivity index (χ2n) is 8.67. The highest BCUT2D eigenvalue weighted by Gasteiger charge is 2.30. The van der Waals surface area contributed by atoms with E-state index in [9.17, 15) is 4.79 Å². The molecule has 3 aromatic heterocycles. The van der Waals surface area contributed by atoms with Gasteiger partial charge >= 0.3 is 5.63 Å². The van der Waals surface area contributed by atoms with Crippen molar-refractivity contribution in [2.24, 2.45) is 0 Å². The molecule has 6 rings (SSSR count). The molecule has 0 spiro atoms. The van der Waals surface area contributed by atoms with Crippen LogP contribution in [-0.2, 0) is 4.74 Å². The summed E-state index contributed by atoms with van der Waals surface area (Å²) < 4.78 is 12.9. The summed E-state index contributed by atoms with van der Waals surface area (Å²) in [6.07, 6.45) is 7.69. The van der Waals surface area contributed by atoms with Crippen molar-refractivity contribution in [1.82, 2.24) is 19.3 Å². The van der Waals surface area contributed by atoms with Crippen LogP contribution in [0.3, 0.4) is 0 Å². The number of hydrogen-bond donors (Lipinski definition) is 0. The summed E-state index contributed by atoms with van der Waals surface area (Å²) in [5.41, 5.74) is 4.19. The lowest BCUT2D eigenvalue weighted by Crippen LogP contribution is -2.51. The lowest BCUT2D eigenvalue weighted by molar-refractivity contribution is -0.0712. The highest BCUT2D eigenvalue weighted by molar-refractivity contribution is 5.82. The topological polar surface area (TPSA) is 72.9 Å². The number of aryl methyl sites for hydroxylation is 1. The van der Waals surface area contributed by atoms with Crippen LogP contribution < -0.4 is 5.63 Å². The molecule has 2 aliphatic heterocycles. The van der Waals surface area contributed by atoms with E-state index in [1.807, 2.05) is 35.9 Å². The first-order chi connectivity index (χ1) is 15.1. The number of hydrogen-bond acceptors (Lipinski definition) is 6. The Morgan fingerprint density at radius 3 is 2.71 bits per heavy atom. The molecule has 2 aliphatic rings. The molecule has 0 saturated carbocycles. The minimum absolute atomic E-state index is 0.363. The van der Waals surface area contributed by atoms with Gasteiger partial charge in [0.05, 0.1) is 42.4 Å². The van der Waals surface area contributed by atoms with Crippen LogP contribution >= 0.6 is 0 Å². The molecular weight excluding hydrogens is 392 g/mol. The molecule has 7 heteroatoms. The fraction of sp³-hybridized carbons (Fsp3) is 0.375. The fourth-order valence-electron chi connectivity index (χ4n) is 4.72. The summed E-state index contributed by atoms with van der Waals surface area (Å²) in [5.74, 6) is 0.501. The Bertz CT molecular complexity index is 1330. The zero-order valence-corrected chi connectivity index (χ0v) is 17.5. The van der Waals surface area contributed by atoms with E-state index in [1.165, 1.54) is 5.56 Å². The molecular formula is C24H24N4O3. The van der Waals surface area contributed by atoms with Crippen molar-refractivity contribution in [3.8, 4) is 11.3 Å². The first-order valence-corrected chi connectivity index (χ1v) is 10.9. The maximum atomic E-state index is 12.8. The predicted molar refractivity (Wildman–Crippen MR) is 117 cm³/mol. The van der Waals surface area contributed by atoms with E-state index in [1.54, 1.807) is 6.20 Å². The van der Waals surface area contributed by atoms with Crippen molar-refractivity contribution in [3.05, 3.63) is 64.5 Å².